The van der Waals surface area contributed by atoms with Gasteiger partial charge in [-0.1, -0.05) is 0 Å². The Morgan fingerprint density at radius 2 is 1.81 bits per heavy atom. The smallest absolute Gasteiger partial charge is 0.361 e. The molecule has 13 heteroatoms. The van der Waals surface area contributed by atoms with Gasteiger partial charge in [-0.2, -0.15) is 13.2 Å². The summed E-state index contributed by atoms with van der Waals surface area (Å²) >= 11 is 0. The highest BCUT2D eigenvalue weighted by molar-refractivity contribution is 7.90. The molecule has 9 nitrogen and oxygen atoms in total. The van der Waals surface area contributed by atoms with E-state index in [1.165, 1.54) is 37.6 Å². The van der Waals surface area contributed by atoms with E-state index in [1.807, 2.05) is 0 Å². The normalized spacial score (nSPS) is 12.5. The summed E-state index contributed by atoms with van der Waals surface area (Å²) in [5, 5.41) is -0.463. The van der Waals surface area contributed by atoms with Crippen molar-refractivity contribution in [3.05, 3.63) is 24.4 Å². The maximum Gasteiger partial charge on any atom is 0.451 e. The van der Waals surface area contributed by atoms with Crippen LogP contribution in [0.15, 0.2) is 23.7 Å². The first-order valence-corrected chi connectivity index (χ1v) is 8.90. The van der Waals surface area contributed by atoms with Crippen LogP contribution >= 0.6 is 0 Å². The number of rotatable bonds is 3. The maximum absolute atomic E-state index is 13.1. The summed E-state index contributed by atoms with van der Waals surface area (Å²) in [6.45, 7) is 0. The van der Waals surface area contributed by atoms with E-state index in [9.17, 15) is 21.6 Å². The van der Waals surface area contributed by atoms with Gasteiger partial charge in [-0.05, 0) is 6.07 Å². The molecule has 3 aromatic rings. The van der Waals surface area contributed by atoms with Crippen LogP contribution in [0.5, 0.6) is 0 Å². The summed E-state index contributed by atoms with van der Waals surface area (Å²) in [5.41, 5.74) is -0.0447. The number of sulfone groups is 1. The lowest BCUT2D eigenvalue weighted by Gasteiger charge is -2.14. The highest BCUT2D eigenvalue weighted by Crippen LogP contribution is 2.31. The molecule has 0 unspecified atom stereocenters. The lowest BCUT2D eigenvalue weighted by atomic mass is 10.4. The van der Waals surface area contributed by atoms with Crippen molar-refractivity contribution in [3.63, 3.8) is 0 Å². The molecule has 0 atom stereocenters. The Hall–Kier alpha value is -2.83. The molecule has 3 aromatic heterocycles. The summed E-state index contributed by atoms with van der Waals surface area (Å²) in [4.78, 5) is 20.0. The second-order valence-electron chi connectivity index (χ2n) is 5.52. The number of aromatic nitrogens is 6. The highest BCUT2D eigenvalue weighted by Gasteiger charge is 2.36. The number of fused-ring (bicyclic) bond motifs is 1. The SMILES string of the molecule is CN(C)c1nc(C(F)(F)F)nc2c1ncn2-c1ccnc(S(C)(=O)=O)n1. The molecular weight excluding hydrogens is 375 g/mol. The topological polar surface area (TPSA) is 107 Å². The molecule has 0 aliphatic carbocycles. The molecule has 0 N–H and O–H groups in total. The van der Waals surface area contributed by atoms with Gasteiger partial charge in [0.05, 0.1) is 0 Å². The number of hydrogen-bond acceptors (Lipinski definition) is 8. The Kier molecular flexibility index (Phi) is 4.05. The Bertz CT molecular complexity index is 1090. The first kappa shape index (κ1) is 18.0. The lowest BCUT2D eigenvalue weighted by Crippen LogP contribution is -2.18. The number of imidazole rings is 1. The minimum absolute atomic E-state index is 0.0134. The molecule has 0 amide bonds. The highest BCUT2D eigenvalue weighted by atomic mass is 32.2. The first-order valence-electron chi connectivity index (χ1n) is 7.01. The maximum atomic E-state index is 13.1. The summed E-state index contributed by atoms with van der Waals surface area (Å²) < 4.78 is 63.8. The summed E-state index contributed by atoms with van der Waals surface area (Å²) in [6.07, 6.45) is -1.46. The summed E-state index contributed by atoms with van der Waals surface area (Å²) in [6, 6.07) is 1.33. The monoisotopic (exact) mass is 387 g/mol. The van der Waals surface area contributed by atoms with E-state index < -0.39 is 27.0 Å². The van der Waals surface area contributed by atoms with Gasteiger partial charge in [-0.15, -0.1) is 0 Å². The van der Waals surface area contributed by atoms with Gasteiger partial charge < -0.3 is 4.90 Å². The number of nitrogens with zero attached hydrogens (tertiary/aromatic N) is 7. The van der Waals surface area contributed by atoms with Crippen LogP contribution in [0.25, 0.3) is 17.0 Å². The molecule has 0 saturated heterocycles. The van der Waals surface area contributed by atoms with Gasteiger partial charge >= 0.3 is 6.18 Å². The fourth-order valence-electron chi connectivity index (χ4n) is 2.14. The third kappa shape index (κ3) is 3.16. The fourth-order valence-corrected chi connectivity index (χ4v) is 2.65. The molecule has 26 heavy (non-hydrogen) atoms. The standard InChI is InChI=1S/C13H12F3N7O2S/c1-22(2)9-8-10(21-11(20-9)13(14,15)16)23(6-18-8)7-4-5-17-12(19-7)26(3,24)25/h4-6H,1-3H3. The van der Waals surface area contributed by atoms with Crippen molar-refractivity contribution < 1.29 is 21.6 Å². The largest absolute Gasteiger partial charge is 0.451 e. The third-order valence-corrected chi connectivity index (χ3v) is 4.11. The Morgan fingerprint density at radius 1 is 1.12 bits per heavy atom. The zero-order chi connectivity index (χ0) is 19.3. The second-order valence-corrected chi connectivity index (χ2v) is 7.43. The Labute approximate surface area is 145 Å². The average molecular weight is 387 g/mol. The van der Waals surface area contributed by atoms with Crippen molar-refractivity contribution >= 4 is 26.8 Å². The zero-order valence-corrected chi connectivity index (χ0v) is 14.5. The van der Waals surface area contributed by atoms with Crippen molar-refractivity contribution in [2.75, 3.05) is 25.3 Å². The molecule has 0 saturated carbocycles. The molecule has 0 aliphatic heterocycles. The Morgan fingerprint density at radius 3 is 2.38 bits per heavy atom. The van der Waals surface area contributed by atoms with Gasteiger partial charge in [0.1, 0.15) is 12.1 Å². The van der Waals surface area contributed by atoms with E-state index in [0.717, 1.165) is 10.8 Å². The van der Waals surface area contributed by atoms with Gasteiger partial charge in [0.25, 0.3) is 0 Å². The number of anilines is 1. The van der Waals surface area contributed by atoms with Crippen molar-refractivity contribution in [1.82, 2.24) is 29.5 Å². The molecule has 3 heterocycles. The summed E-state index contributed by atoms with van der Waals surface area (Å²) in [5.74, 6) is -1.36. The van der Waals surface area contributed by atoms with Crippen LogP contribution in [0.1, 0.15) is 5.82 Å². The molecule has 0 spiro atoms. The van der Waals surface area contributed by atoms with Crippen LogP contribution in [0.4, 0.5) is 19.0 Å². The van der Waals surface area contributed by atoms with Crippen molar-refractivity contribution in [1.29, 1.82) is 0 Å². The van der Waals surface area contributed by atoms with Crippen molar-refractivity contribution in [2.24, 2.45) is 0 Å². The van der Waals surface area contributed by atoms with E-state index >= 15 is 0 Å². The van der Waals surface area contributed by atoms with Gasteiger partial charge in [0.2, 0.25) is 20.8 Å². The van der Waals surface area contributed by atoms with E-state index in [1.54, 1.807) is 0 Å². The number of halogens is 3. The van der Waals surface area contributed by atoms with Crippen LogP contribution in [-0.2, 0) is 16.0 Å². The van der Waals surface area contributed by atoms with Crippen LogP contribution in [0.3, 0.4) is 0 Å². The predicted molar refractivity (Wildman–Crippen MR) is 84.7 cm³/mol. The lowest BCUT2D eigenvalue weighted by molar-refractivity contribution is -0.144. The van der Waals surface area contributed by atoms with Crippen LogP contribution in [0, 0.1) is 0 Å². The molecule has 0 fully saturated rings. The van der Waals surface area contributed by atoms with E-state index in [2.05, 4.69) is 24.9 Å². The van der Waals surface area contributed by atoms with E-state index in [4.69, 9.17) is 0 Å². The van der Waals surface area contributed by atoms with Crippen molar-refractivity contribution in [2.45, 2.75) is 11.3 Å². The minimum atomic E-state index is -4.77. The van der Waals surface area contributed by atoms with Gasteiger partial charge in [0.15, 0.2) is 17.0 Å². The van der Waals surface area contributed by atoms with Gasteiger partial charge in [-0.25, -0.2) is 33.3 Å². The van der Waals surface area contributed by atoms with Crippen molar-refractivity contribution in [3.8, 4) is 5.82 Å². The molecule has 0 aliphatic rings. The molecule has 0 aromatic carbocycles. The molecule has 0 bridgehead atoms. The fraction of sp³-hybridized carbons (Fsp3) is 0.308. The molecule has 3 rings (SSSR count). The average Bonchev–Trinajstić information content (AvgIpc) is 2.96. The van der Waals surface area contributed by atoms with Gasteiger partial charge in [-0.3, -0.25) is 4.57 Å². The van der Waals surface area contributed by atoms with E-state index in [0.29, 0.717) is 0 Å². The van der Waals surface area contributed by atoms with Crippen LogP contribution in [-0.4, -0.2) is 58.3 Å². The third-order valence-electron chi connectivity index (χ3n) is 3.25. The molecule has 138 valence electrons. The molecular formula is C13H12F3N7O2S. The van der Waals surface area contributed by atoms with Crippen LogP contribution in [0.2, 0.25) is 0 Å². The second kappa shape index (κ2) is 5.86. The number of hydrogen-bond donors (Lipinski definition) is 0. The van der Waals surface area contributed by atoms with Crippen LogP contribution < -0.4 is 4.90 Å². The molecule has 0 radical (unpaired) electrons. The predicted octanol–water partition coefficient (Wildman–Crippen LogP) is 1.09. The minimum Gasteiger partial charge on any atom is -0.361 e. The number of alkyl halides is 3. The quantitative estimate of drug-likeness (QED) is 0.615. The van der Waals surface area contributed by atoms with Gasteiger partial charge in [0, 0.05) is 26.5 Å². The Balaban J connectivity index is 2.31. The first-order chi connectivity index (χ1) is 12.0. The summed E-state index contributed by atoms with van der Waals surface area (Å²) in [7, 11) is -0.657. The zero-order valence-electron chi connectivity index (χ0n) is 13.7. The van der Waals surface area contributed by atoms with E-state index in [-0.39, 0.29) is 22.8 Å².